The number of carbonyl (C=O) groups excluding carboxylic acids is 1. The minimum absolute atomic E-state index is 0.0784. The molecule has 0 aliphatic rings. The molecule has 2 N–H and O–H groups in total. The van der Waals surface area contributed by atoms with Crippen molar-refractivity contribution in [1.82, 2.24) is 30.0 Å². The Bertz CT molecular complexity index is 1440. The summed E-state index contributed by atoms with van der Waals surface area (Å²) >= 11 is 1.43. The highest BCUT2D eigenvalue weighted by Crippen LogP contribution is 2.37. The molecule has 4 aromatic rings. The van der Waals surface area contributed by atoms with E-state index in [0.717, 1.165) is 44.0 Å². The first-order valence-corrected chi connectivity index (χ1v) is 12.7. The Morgan fingerprint density at radius 2 is 1.92 bits per heavy atom. The highest BCUT2D eigenvalue weighted by Gasteiger charge is 2.21. The summed E-state index contributed by atoms with van der Waals surface area (Å²) < 4.78 is 1.77. The molecule has 0 saturated heterocycles. The van der Waals surface area contributed by atoms with Gasteiger partial charge in [0.25, 0.3) is 5.91 Å². The monoisotopic (exact) mass is 500 g/mol. The van der Waals surface area contributed by atoms with Crippen molar-refractivity contribution < 1.29 is 4.79 Å². The van der Waals surface area contributed by atoms with Crippen molar-refractivity contribution >= 4 is 28.7 Å². The van der Waals surface area contributed by atoms with Crippen LogP contribution >= 0.6 is 11.8 Å². The van der Waals surface area contributed by atoms with Crippen LogP contribution in [0.15, 0.2) is 71.5 Å². The number of H-pyrrole nitrogens is 1. The van der Waals surface area contributed by atoms with E-state index in [1.165, 1.54) is 11.8 Å². The van der Waals surface area contributed by atoms with Crippen molar-refractivity contribution in [2.75, 3.05) is 0 Å². The van der Waals surface area contributed by atoms with Crippen LogP contribution in [0.5, 0.6) is 0 Å². The van der Waals surface area contributed by atoms with Crippen LogP contribution in [0.25, 0.3) is 33.5 Å². The molecule has 0 aliphatic heterocycles. The summed E-state index contributed by atoms with van der Waals surface area (Å²) in [6.45, 7) is 14.3. The number of thioether (sulfide) groups is 1. The summed E-state index contributed by atoms with van der Waals surface area (Å²) in [7, 11) is 1.89. The molecule has 7 nitrogen and oxygen atoms in total. The third-order valence-electron chi connectivity index (χ3n) is 6.02. The first-order valence-electron chi connectivity index (χ1n) is 11.8. The number of fused-ring (bicyclic) bond motifs is 1. The Morgan fingerprint density at radius 1 is 1.19 bits per heavy atom. The number of carbonyl (C=O) groups is 1. The van der Waals surface area contributed by atoms with E-state index >= 15 is 0 Å². The van der Waals surface area contributed by atoms with Gasteiger partial charge in [-0.1, -0.05) is 69.5 Å². The lowest BCUT2D eigenvalue weighted by atomic mass is 9.97. The average molecular weight is 501 g/mol. The number of rotatable bonds is 7. The Hall–Kier alpha value is -3.65. The van der Waals surface area contributed by atoms with Gasteiger partial charge in [-0.2, -0.15) is 5.10 Å². The highest BCUT2D eigenvalue weighted by molar-refractivity contribution is 8.07. The highest BCUT2D eigenvalue weighted by atomic mass is 32.2. The van der Waals surface area contributed by atoms with Crippen LogP contribution in [-0.4, -0.2) is 30.6 Å². The van der Waals surface area contributed by atoms with Gasteiger partial charge in [-0.3, -0.25) is 9.48 Å². The molecular weight excluding hydrogens is 468 g/mol. The molecule has 0 saturated carbocycles. The third-order valence-corrected chi connectivity index (χ3v) is 7.52. The molecule has 4 rings (SSSR count). The Labute approximate surface area is 216 Å². The zero-order valence-corrected chi connectivity index (χ0v) is 22.4. The predicted octanol–water partition coefficient (Wildman–Crippen LogP) is 6.40. The van der Waals surface area contributed by atoms with Crippen LogP contribution in [-0.2, 0) is 11.8 Å². The first kappa shape index (κ1) is 25.4. The number of nitrogens with zero attached hydrogens (tertiary/aromatic N) is 4. The van der Waals surface area contributed by atoms with E-state index in [2.05, 4.69) is 52.7 Å². The topological polar surface area (TPSA) is 88.5 Å². The van der Waals surface area contributed by atoms with E-state index in [-0.39, 0.29) is 17.4 Å². The van der Waals surface area contributed by atoms with Crippen LogP contribution in [0.1, 0.15) is 46.2 Å². The molecule has 36 heavy (non-hydrogen) atoms. The van der Waals surface area contributed by atoms with Crippen molar-refractivity contribution in [1.29, 1.82) is 0 Å². The quantitative estimate of drug-likeness (QED) is 0.287. The molecule has 1 aromatic carbocycles. The Balaban J connectivity index is 1.51. The molecule has 1 atom stereocenters. The van der Waals surface area contributed by atoms with Crippen LogP contribution in [0.3, 0.4) is 0 Å². The maximum atomic E-state index is 12.9. The predicted molar refractivity (Wildman–Crippen MR) is 148 cm³/mol. The van der Waals surface area contributed by atoms with Crippen LogP contribution < -0.4 is 5.32 Å². The molecule has 1 unspecified atom stereocenters. The van der Waals surface area contributed by atoms with Gasteiger partial charge in [-0.25, -0.2) is 9.97 Å². The Kier molecular flexibility index (Phi) is 7.17. The lowest BCUT2D eigenvalue weighted by Gasteiger charge is -2.22. The smallest absolute Gasteiger partial charge is 0.258 e. The van der Waals surface area contributed by atoms with Gasteiger partial charge in [0.05, 0.1) is 39.6 Å². The number of aryl methyl sites for hydroxylation is 1. The average Bonchev–Trinajstić information content (AvgIpc) is 3.47. The van der Waals surface area contributed by atoms with E-state index in [1.54, 1.807) is 11.0 Å². The van der Waals surface area contributed by atoms with Crippen LogP contribution in [0.2, 0.25) is 0 Å². The zero-order valence-electron chi connectivity index (χ0n) is 21.6. The number of aromatic amines is 1. The van der Waals surface area contributed by atoms with Gasteiger partial charge >= 0.3 is 0 Å². The molecule has 0 spiro atoms. The van der Waals surface area contributed by atoms with Crippen molar-refractivity contribution in [3.63, 3.8) is 0 Å². The normalized spacial score (nSPS) is 13.1. The lowest BCUT2D eigenvalue weighted by Crippen LogP contribution is -2.27. The molecule has 1 amide bonds. The van der Waals surface area contributed by atoms with Crippen LogP contribution in [0, 0.1) is 5.41 Å². The minimum atomic E-state index is -0.155. The van der Waals surface area contributed by atoms with Crippen molar-refractivity contribution in [2.45, 2.75) is 40.7 Å². The second kappa shape index (κ2) is 10.1. The van der Waals surface area contributed by atoms with Gasteiger partial charge in [0.1, 0.15) is 6.33 Å². The number of nitrogens with one attached hydrogen (secondary N) is 2. The van der Waals surface area contributed by atoms with Gasteiger partial charge < -0.3 is 10.3 Å². The molecule has 0 radical (unpaired) electrons. The number of hydrogen-bond acceptors (Lipinski definition) is 5. The molecule has 0 fully saturated rings. The number of allylic oxidation sites excluding steroid dienone is 2. The van der Waals surface area contributed by atoms with Gasteiger partial charge in [0, 0.05) is 24.4 Å². The summed E-state index contributed by atoms with van der Waals surface area (Å²) in [5.41, 5.74) is 6.38. The van der Waals surface area contributed by atoms with E-state index < -0.39 is 0 Å². The second-order valence-electron chi connectivity index (χ2n) is 9.81. The summed E-state index contributed by atoms with van der Waals surface area (Å²) in [6, 6.07) is 9.95. The minimum Gasteiger partial charge on any atom is -0.351 e. The molecule has 8 heteroatoms. The van der Waals surface area contributed by atoms with Gasteiger partial charge in [-0.05, 0) is 35.8 Å². The molecule has 0 aliphatic carbocycles. The van der Waals surface area contributed by atoms with Crippen molar-refractivity contribution in [2.24, 2.45) is 12.5 Å². The maximum absolute atomic E-state index is 12.9. The summed E-state index contributed by atoms with van der Waals surface area (Å²) in [5.74, 6) is -0.101. The van der Waals surface area contributed by atoms with Crippen molar-refractivity contribution in [3.8, 4) is 22.5 Å². The summed E-state index contributed by atoms with van der Waals surface area (Å²) in [6.07, 6.45) is 7.19. The lowest BCUT2D eigenvalue weighted by molar-refractivity contribution is -0.117. The van der Waals surface area contributed by atoms with Crippen LogP contribution in [0.4, 0.5) is 0 Å². The fourth-order valence-corrected chi connectivity index (χ4v) is 4.52. The first-order chi connectivity index (χ1) is 17.1. The maximum Gasteiger partial charge on any atom is 0.258 e. The van der Waals surface area contributed by atoms with E-state index in [4.69, 9.17) is 0 Å². The number of aromatic nitrogens is 5. The summed E-state index contributed by atoms with van der Waals surface area (Å²) in [5, 5.41) is 7.36. The molecule has 3 heterocycles. The second-order valence-corrected chi connectivity index (χ2v) is 11.0. The third kappa shape index (κ3) is 5.44. The van der Waals surface area contributed by atoms with E-state index in [1.807, 2.05) is 69.7 Å². The molecule has 0 bridgehead atoms. The summed E-state index contributed by atoms with van der Waals surface area (Å²) in [4.78, 5) is 26.9. The largest absolute Gasteiger partial charge is 0.351 e. The SMILES string of the molecule is C=C(S/C(=C\C)C(=O)NC(C)c1ccc(-c2ncnc3cc(-c4cnn(C)c4)[nH]c23)cc1)C(C)(C)C. The number of amides is 1. The number of hydrogen-bond donors (Lipinski definition) is 2. The van der Waals surface area contributed by atoms with Gasteiger partial charge in [0.15, 0.2) is 0 Å². The van der Waals surface area contributed by atoms with Gasteiger partial charge in [-0.15, -0.1) is 0 Å². The zero-order chi connectivity index (χ0) is 26.0. The fraction of sp³-hybridized carbons (Fsp3) is 0.286. The molecule has 3 aromatic heterocycles. The van der Waals surface area contributed by atoms with Crippen molar-refractivity contribution in [3.05, 3.63) is 77.1 Å². The number of benzene rings is 1. The van der Waals surface area contributed by atoms with Gasteiger partial charge in [0.2, 0.25) is 0 Å². The molecular formula is C28H32N6OS. The Morgan fingerprint density at radius 3 is 2.53 bits per heavy atom. The molecule has 186 valence electrons. The standard InChI is InChI=1S/C28H32N6OS/c1-8-24(36-18(3)28(4,5)6)27(35)32-17(2)19-9-11-20(12-10-19)25-26-23(29-16-30-25)13-22(33-26)21-14-31-34(7)15-21/h8-17,33H,3H2,1-2,4-7H3,(H,32,35)/b24-8-. The fourth-order valence-electron chi connectivity index (χ4n) is 3.68. The van der Waals surface area contributed by atoms with E-state index in [9.17, 15) is 4.79 Å². The van der Waals surface area contributed by atoms with E-state index in [0.29, 0.717) is 4.91 Å².